The number of rotatable bonds is 7. The molecule has 1 atom stereocenters. The quantitative estimate of drug-likeness (QED) is 0.628. The summed E-state index contributed by atoms with van der Waals surface area (Å²) in [5.41, 5.74) is 0. The van der Waals surface area contributed by atoms with Gasteiger partial charge in [-0.15, -0.1) is 0 Å². The Morgan fingerprint density at radius 2 is 1.92 bits per heavy atom. The average molecular weight is 194 g/mol. The van der Waals surface area contributed by atoms with Crippen molar-refractivity contribution >= 4 is 11.0 Å². The molecule has 1 unspecified atom stereocenters. The van der Waals surface area contributed by atoms with Crippen LogP contribution in [0.15, 0.2) is 0 Å². The van der Waals surface area contributed by atoms with E-state index in [1.807, 2.05) is 0 Å². The van der Waals surface area contributed by atoms with Gasteiger partial charge >= 0.3 is 0 Å². The molecule has 0 aliphatic carbocycles. The molecule has 0 aromatic carbocycles. The van der Waals surface area contributed by atoms with Gasteiger partial charge in [-0.3, -0.25) is 4.18 Å². The molecule has 74 valence electrons. The molecule has 0 rings (SSSR count). The van der Waals surface area contributed by atoms with E-state index in [1.54, 1.807) is 0 Å². The molecule has 0 heterocycles. The highest BCUT2D eigenvalue weighted by molar-refractivity contribution is 7.67. The lowest BCUT2D eigenvalue weighted by atomic mass is 9.98. The highest BCUT2D eigenvalue weighted by Gasteiger charge is 2.04. The zero-order chi connectivity index (χ0) is 9.40. The van der Waals surface area contributed by atoms with Crippen LogP contribution in [0.5, 0.6) is 0 Å². The maximum absolute atomic E-state index is 10.0. The number of thiol groups is 1. The van der Waals surface area contributed by atoms with Crippen molar-refractivity contribution in [3.63, 3.8) is 0 Å². The molecular weight excluding hydrogens is 176 g/mol. The van der Waals surface area contributed by atoms with Crippen molar-refractivity contribution in [2.75, 3.05) is 6.61 Å². The minimum atomic E-state index is -2.65. The third-order valence-electron chi connectivity index (χ3n) is 2.00. The largest absolute Gasteiger partial charge is 0.272 e. The third kappa shape index (κ3) is 6.61. The van der Waals surface area contributed by atoms with Crippen molar-refractivity contribution in [3.05, 3.63) is 0 Å². The van der Waals surface area contributed by atoms with E-state index in [1.165, 1.54) is 0 Å². The van der Waals surface area contributed by atoms with Crippen molar-refractivity contribution in [2.24, 2.45) is 5.92 Å². The Morgan fingerprint density at radius 1 is 1.25 bits per heavy atom. The van der Waals surface area contributed by atoms with E-state index in [-0.39, 0.29) is 0 Å². The summed E-state index contributed by atoms with van der Waals surface area (Å²) < 4.78 is 24.6. The molecule has 0 saturated heterocycles. The molecule has 0 aromatic heterocycles. The molecular formula is C8H18O3S. The zero-order valence-electron chi connectivity index (χ0n) is 7.78. The van der Waals surface area contributed by atoms with E-state index in [9.17, 15) is 8.42 Å². The SMILES string of the molecule is CCCC(CC)CCO[SH](=O)=O. The normalized spacial score (nSPS) is 13.6. The fourth-order valence-corrected chi connectivity index (χ4v) is 1.51. The minimum absolute atomic E-state index is 0.344. The van der Waals surface area contributed by atoms with Crippen LogP contribution in [-0.2, 0) is 15.2 Å². The summed E-state index contributed by atoms with van der Waals surface area (Å²) in [6, 6.07) is 0. The Balaban J connectivity index is 3.43. The summed E-state index contributed by atoms with van der Waals surface area (Å²) >= 11 is 0. The molecule has 0 aliphatic heterocycles. The molecule has 12 heavy (non-hydrogen) atoms. The predicted octanol–water partition coefficient (Wildman–Crippen LogP) is 1.75. The first-order valence-corrected chi connectivity index (χ1v) is 5.57. The Kier molecular flexibility index (Phi) is 7.50. The van der Waals surface area contributed by atoms with Gasteiger partial charge in [0, 0.05) is 0 Å². The van der Waals surface area contributed by atoms with E-state index >= 15 is 0 Å². The highest BCUT2D eigenvalue weighted by atomic mass is 32.2. The zero-order valence-corrected chi connectivity index (χ0v) is 8.68. The van der Waals surface area contributed by atoms with Gasteiger partial charge in [0.05, 0.1) is 6.61 Å². The fraction of sp³-hybridized carbons (Fsp3) is 1.00. The van der Waals surface area contributed by atoms with E-state index in [0.29, 0.717) is 12.5 Å². The van der Waals surface area contributed by atoms with E-state index in [4.69, 9.17) is 0 Å². The van der Waals surface area contributed by atoms with Crippen LogP contribution in [0, 0.1) is 5.92 Å². The summed E-state index contributed by atoms with van der Waals surface area (Å²) in [5.74, 6) is 0.616. The van der Waals surface area contributed by atoms with Crippen LogP contribution >= 0.6 is 0 Å². The number of hydrogen-bond donors (Lipinski definition) is 1. The first-order chi connectivity index (χ1) is 5.70. The summed E-state index contributed by atoms with van der Waals surface area (Å²) in [7, 11) is -2.65. The predicted molar refractivity (Wildman–Crippen MR) is 49.6 cm³/mol. The maximum Gasteiger partial charge on any atom is 0.257 e. The van der Waals surface area contributed by atoms with Crippen molar-refractivity contribution < 1.29 is 12.6 Å². The van der Waals surface area contributed by atoms with Gasteiger partial charge in [-0.1, -0.05) is 33.1 Å². The van der Waals surface area contributed by atoms with Crippen molar-refractivity contribution in [3.8, 4) is 0 Å². The Morgan fingerprint density at radius 3 is 2.33 bits per heavy atom. The summed E-state index contributed by atoms with van der Waals surface area (Å²) in [4.78, 5) is 0. The smallest absolute Gasteiger partial charge is 0.257 e. The number of hydrogen-bond acceptors (Lipinski definition) is 3. The maximum atomic E-state index is 10.0. The molecule has 0 saturated carbocycles. The summed E-state index contributed by atoms with van der Waals surface area (Å²) in [5, 5.41) is 0. The lowest BCUT2D eigenvalue weighted by Gasteiger charge is -2.11. The van der Waals surface area contributed by atoms with E-state index in [0.717, 1.165) is 25.7 Å². The second kappa shape index (κ2) is 7.55. The van der Waals surface area contributed by atoms with Gasteiger partial charge in [-0.05, 0) is 12.3 Å². The molecule has 0 spiro atoms. The topological polar surface area (TPSA) is 43.4 Å². The molecule has 0 bridgehead atoms. The Hall–Kier alpha value is -0.0900. The van der Waals surface area contributed by atoms with Crippen LogP contribution < -0.4 is 0 Å². The van der Waals surface area contributed by atoms with Crippen LogP contribution in [0.25, 0.3) is 0 Å². The minimum Gasteiger partial charge on any atom is -0.272 e. The first kappa shape index (κ1) is 11.9. The molecule has 0 amide bonds. The van der Waals surface area contributed by atoms with Gasteiger partial charge < -0.3 is 0 Å². The standard InChI is InChI=1S/C8H18O3S/c1-3-5-8(4-2)6-7-11-12(9)10/h8,12H,3-7H2,1-2H3. The highest BCUT2D eigenvalue weighted by Crippen LogP contribution is 2.14. The molecule has 0 radical (unpaired) electrons. The lowest BCUT2D eigenvalue weighted by molar-refractivity contribution is 0.281. The lowest BCUT2D eigenvalue weighted by Crippen LogP contribution is -2.03. The Bertz CT molecular complexity index is 158. The Labute approximate surface area is 76.3 Å². The third-order valence-corrected chi connectivity index (χ3v) is 2.39. The van der Waals surface area contributed by atoms with Crippen molar-refractivity contribution in [1.82, 2.24) is 0 Å². The van der Waals surface area contributed by atoms with Gasteiger partial charge in [0.2, 0.25) is 0 Å². The van der Waals surface area contributed by atoms with Crippen LogP contribution in [0.4, 0.5) is 0 Å². The van der Waals surface area contributed by atoms with Crippen LogP contribution in [0.2, 0.25) is 0 Å². The fourth-order valence-electron chi connectivity index (χ4n) is 1.25. The second-order valence-corrected chi connectivity index (χ2v) is 3.61. The summed E-state index contributed by atoms with van der Waals surface area (Å²) in [6.45, 7) is 4.60. The van der Waals surface area contributed by atoms with Crippen LogP contribution in [0.1, 0.15) is 39.5 Å². The van der Waals surface area contributed by atoms with Crippen molar-refractivity contribution in [1.29, 1.82) is 0 Å². The monoisotopic (exact) mass is 194 g/mol. The van der Waals surface area contributed by atoms with Gasteiger partial charge in [-0.2, -0.15) is 0 Å². The first-order valence-electron chi connectivity index (χ1n) is 4.48. The van der Waals surface area contributed by atoms with Gasteiger partial charge in [0.25, 0.3) is 11.0 Å². The molecule has 0 aliphatic rings. The average Bonchev–Trinajstić information content (AvgIpc) is 2.02. The molecule has 0 N–H and O–H groups in total. The van der Waals surface area contributed by atoms with Gasteiger partial charge in [-0.25, -0.2) is 8.42 Å². The molecule has 0 aromatic rings. The van der Waals surface area contributed by atoms with Crippen molar-refractivity contribution in [2.45, 2.75) is 39.5 Å². The molecule has 3 nitrogen and oxygen atoms in total. The van der Waals surface area contributed by atoms with E-state index in [2.05, 4.69) is 18.0 Å². The van der Waals surface area contributed by atoms with Crippen LogP contribution in [0.3, 0.4) is 0 Å². The molecule has 0 fully saturated rings. The van der Waals surface area contributed by atoms with Gasteiger partial charge in [0.15, 0.2) is 0 Å². The van der Waals surface area contributed by atoms with Gasteiger partial charge in [0.1, 0.15) is 0 Å². The second-order valence-electron chi connectivity index (χ2n) is 2.91. The summed E-state index contributed by atoms with van der Waals surface area (Å²) in [6.07, 6.45) is 4.28. The van der Waals surface area contributed by atoms with E-state index < -0.39 is 11.0 Å². The molecule has 4 heteroatoms. The van der Waals surface area contributed by atoms with Crippen LogP contribution in [-0.4, -0.2) is 15.0 Å².